The van der Waals surface area contributed by atoms with Gasteiger partial charge in [0.1, 0.15) is 5.69 Å². The first kappa shape index (κ1) is 17.7. The Hall–Kier alpha value is -2.67. The Labute approximate surface area is 144 Å². The van der Waals surface area contributed by atoms with Crippen LogP contribution in [0.15, 0.2) is 42.5 Å². The fraction of sp³-hybridized carbons (Fsp3) is 0.250. The number of rotatable bonds is 6. The summed E-state index contributed by atoms with van der Waals surface area (Å²) in [6.07, 6.45) is 5.87. The van der Waals surface area contributed by atoms with Gasteiger partial charge in [-0.2, -0.15) is 5.10 Å². The highest BCUT2D eigenvalue weighted by Gasteiger charge is 2.21. The summed E-state index contributed by atoms with van der Waals surface area (Å²) in [6, 6.07) is 3.59. The number of nitrogens with two attached hydrogens (primary N) is 1. The van der Waals surface area contributed by atoms with Gasteiger partial charge in [-0.3, -0.25) is 14.6 Å². The van der Waals surface area contributed by atoms with Gasteiger partial charge in [-0.1, -0.05) is 11.6 Å². The van der Waals surface area contributed by atoms with Gasteiger partial charge in [0.2, 0.25) is 5.91 Å². The number of amides is 1. The van der Waals surface area contributed by atoms with Gasteiger partial charge in [0.15, 0.2) is 10.9 Å². The molecule has 24 heavy (non-hydrogen) atoms. The van der Waals surface area contributed by atoms with Crippen molar-refractivity contribution in [2.24, 2.45) is 5.73 Å². The molecule has 0 aliphatic rings. The molecule has 0 aliphatic carbocycles. The van der Waals surface area contributed by atoms with E-state index >= 15 is 0 Å². The second-order valence-electron chi connectivity index (χ2n) is 5.13. The Morgan fingerprint density at radius 3 is 2.79 bits per heavy atom. The highest BCUT2D eigenvalue weighted by atomic mass is 35.5. The topological polar surface area (TPSA) is 94.1 Å². The average Bonchev–Trinajstić information content (AvgIpc) is 2.90. The quantitative estimate of drug-likeness (QED) is 0.637. The van der Waals surface area contributed by atoms with Crippen LogP contribution in [0.1, 0.15) is 20.3 Å². The molecular formula is C16H18ClN5O2. The van der Waals surface area contributed by atoms with Crippen LogP contribution < -0.4 is 10.6 Å². The number of ketones is 1. The van der Waals surface area contributed by atoms with Crippen LogP contribution >= 0.6 is 11.6 Å². The Kier molecular flexibility index (Phi) is 5.70. The summed E-state index contributed by atoms with van der Waals surface area (Å²) >= 11 is 6.17. The number of aromatic nitrogens is 3. The SMILES string of the molecule is CCN(C(=O)CC(=O)/C=C(/C)N)c1cn(-c2cccnc2)nc1Cl. The summed E-state index contributed by atoms with van der Waals surface area (Å²) < 4.78 is 1.53. The molecule has 0 spiro atoms. The molecule has 7 nitrogen and oxygen atoms in total. The molecule has 126 valence electrons. The van der Waals surface area contributed by atoms with Crippen molar-refractivity contribution in [2.75, 3.05) is 11.4 Å². The van der Waals surface area contributed by atoms with Crippen LogP contribution in [-0.4, -0.2) is 33.0 Å². The first-order chi connectivity index (χ1) is 11.4. The number of anilines is 1. The van der Waals surface area contributed by atoms with Crippen molar-refractivity contribution in [1.82, 2.24) is 14.8 Å². The van der Waals surface area contributed by atoms with Gasteiger partial charge in [-0.15, -0.1) is 0 Å². The van der Waals surface area contributed by atoms with Crippen LogP contribution in [-0.2, 0) is 9.59 Å². The summed E-state index contributed by atoms with van der Waals surface area (Å²) in [5.41, 5.74) is 6.97. The van der Waals surface area contributed by atoms with E-state index in [0.717, 1.165) is 0 Å². The van der Waals surface area contributed by atoms with Crippen molar-refractivity contribution in [3.05, 3.63) is 47.6 Å². The van der Waals surface area contributed by atoms with Crippen LogP contribution in [0.3, 0.4) is 0 Å². The number of nitrogens with zero attached hydrogens (tertiary/aromatic N) is 4. The summed E-state index contributed by atoms with van der Waals surface area (Å²) in [6.45, 7) is 3.74. The Morgan fingerprint density at radius 2 is 2.21 bits per heavy atom. The van der Waals surface area contributed by atoms with Gasteiger partial charge in [0.25, 0.3) is 0 Å². The normalized spacial score (nSPS) is 11.4. The Bertz CT molecular complexity index is 766. The standard InChI is InChI=1S/C16H18ClN5O2/c1-3-21(15(24)8-13(23)7-11(2)18)14-10-22(20-16(14)17)12-5-4-6-19-9-12/h4-7,9-10H,3,8,18H2,1-2H3/b11-7-. The van der Waals surface area contributed by atoms with E-state index in [4.69, 9.17) is 17.3 Å². The lowest BCUT2D eigenvalue weighted by Gasteiger charge is -2.18. The highest BCUT2D eigenvalue weighted by Crippen LogP contribution is 2.26. The largest absolute Gasteiger partial charge is 0.402 e. The second-order valence-corrected chi connectivity index (χ2v) is 5.49. The fourth-order valence-corrected chi connectivity index (χ4v) is 2.41. The minimum Gasteiger partial charge on any atom is -0.402 e. The summed E-state index contributed by atoms with van der Waals surface area (Å²) in [7, 11) is 0. The van der Waals surface area contributed by atoms with E-state index in [0.29, 0.717) is 23.6 Å². The first-order valence-corrected chi connectivity index (χ1v) is 7.72. The number of carbonyl (C=O) groups excluding carboxylic acids is 2. The van der Waals surface area contributed by atoms with E-state index in [-0.39, 0.29) is 23.3 Å². The molecule has 0 bridgehead atoms. The Morgan fingerprint density at radius 1 is 1.46 bits per heavy atom. The molecule has 2 aromatic heterocycles. The van der Waals surface area contributed by atoms with Gasteiger partial charge in [0.05, 0.1) is 24.5 Å². The molecule has 0 saturated carbocycles. The third-order valence-corrected chi connectivity index (χ3v) is 3.45. The zero-order valence-corrected chi connectivity index (χ0v) is 14.2. The molecule has 8 heteroatoms. The monoisotopic (exact) mass is 347 g/mol. The Balaban J connectivity index is 2.25. The molecule has 0 saturated heterocycles. The zero-order valence-electron chi connectivity index (χ0n) is 13.4. The highest BCUT2D eigenvalue weighted by molar-refractivity contribution is 6.32. The smallest absolute Gasteiger partial charge is 0.234 e. The van der Waals surface area contributed by atoms with E-state index in [1.807, 2.05) is 6.07 Å². The first-order valence-electron chi connectivity index (χ1n) is 7.35. The lowest BCUT2D eigenvalue weighted by atomic mass is 10.2. The van der Waals surface area contributed by atoms with Crippen molar-refractivity contribution in [2.45, 2.75) is 20.3 Å². The molecule has 0 radical (unpaired) electrons. The van der Waals surface area contributed by atoms with Gasteiger partial charge >= 0.3 is 0 Å². The maximum atomic E-state index is 12.4. The maximum Gasteiger partial charge on any atom is 0.234 e. The van der Waals surface area contributed by atoms with Crippen LogP contribution in [0.4, 0.5) is 5.69 Å². The van der Waals surface area contributed by atoms with Crippen LogP contribution in [0.5, 0.6) is 0 Å². The van der Waals surface area contributed by atoms with E-state index in [1.54, 1.807) is 38.5 Å². The average molecular weight is 348 g/mol. The minimum absolute atomic E-state index is 0.173. The molecule has 0 aliphatic heterocycles. The van der Waals surface area contributed by atoms with E-state index in [1.165, 1.54) is 15.7 Å². The van der Waals surface area contributed by atoms with Gasteiger partial charge in [-0.25, -0.2) is 4.68 Å². The second kappa shape index (κ2) is 7.74. The molecule has 0 fully saturated rings. The van der Waals surface area contributed by atoms with Crippen molar-refractivity contribution in [3.8, 4) is 5.69 Å². The lowest BCUT2D eigenvalue weighted by Crippen LogP contribution is -2.32. The molecule has 0 aromatic carbocycles. The van der Waals surface area contributed by atoms with Crippen molar-refractivity contribution < 1.29 is 9.59 Å². The van der Waals surface area contributed by atoms with Crippen molar-refractivity contribution in [3.63, 3.8) is 0 Å². The third kappa shape index (κ3) is 4.20. The fourth-order valence-electron chi connectivity index (χ4n) is 2.18. The summed E-state index contributed by atoms with van der Waals surface area (Å²) in [5.74, 6) is -0.720. The molecule has 0 unspecified atom stereocenters. The van der Waals surface area contributed by atoms with Gasteiger partial charge < -0.3 is 10.6 Å². The lowest BCUT2D eigenvalue weighted by molar-refractivity contribution is -0.124. The molecule has 2 heterocycles. The van der Waals surface area contributed by atoms with Crippen molar-refractivity contribution >= 4 is 29.0 Å². The molecule has 2 aromatic rings. The van der Waals surface area contributed by atoms with Gasteiger partial charge in [0, 0.05) is 24.5 Å². The number of allylic oxidation sites excluding steroid dienone is 2. The minimum atomic E-state index is -0.368. The number of pyridine rings is 1. The maximum absolute atomic E-state index is 12.4. The molecular weight excluding hydrogens is 330 g/mol. The molecule has 2 rings (SSSR count). The predicted molar refractivity (Wildman–Crippen MR) is 92.0 cm³/mol. The zero-order chi connectivity index (χ0) is 17.7. The molecule has 0 atom stereocenters. The van der Waals surface area contributed by atoms with Crippen molar-refractivity contribution in [1.29, 1.82) is 0 Å². The summed E-state index contributed by atoms with van der Waals surface area (Å²) in [5, 5.41) is 4.36. The number of halogens is 1. The van der Waals surface area contributed by atoms with Crippen LogP contribution in [0, 0.1) is 0 Å². The number of hydrogen-bond donors (Lipinski definition) is 1. The predicted octanol–water partition coefficient (Wildman–Crippen LogP) is 2.10. The summed E-state index contributed by atoms with van der Waals surface area (Å²) in [4.78, 5) is 29.6. The van der Waals surface area contributed by atoms with Crippen LogP contribution in [0.2, 0.25) is 5.15 Å². The van der Waals surface area contributed by atoms with E-state index in [9.17, 15) is 9.59 Å². The number of carbonyl (C=O) groups is 2. The van der Waals surface area contributed by atoms with Crippen LogP contribution in [0.25, 0.3) is 5.69 Å². The number of hydrogen-bond acceptors (Lipinski definition) is 5. The molecule has 1 amide bonds. The molecule has 2 N–H and O–H groups in total. The van der Waals surface area contributed by atoms with Gasteiger partial charge in [-0.05, 0) is 26.0 Å². The van der Waals surface area contributed by atoms with E-state index in [2.05, 4.69) is 10.1 Å². The third-order valence-electron chi connectivity index (χ3n) is 3.18. The van der Waals surface area contributed by atoms with E-state index < -0.39 is 0 Å².